The van der Waals surface area contributed by atoms with Crippen molar-refractivity contribution < 1.29 is 62.6 Å². The van der Waals surface area contributed by atoms with Gasteiger partial charge < -0.3 is 66.0 Å². The van der Waals surface area contributed by atoms with E-state index >= 15 is 24.0 Å². The van der Waals surface area contributed by atoms with Crippen LogP contribution in [0, 0.1) is 29.6 Å². The zero-order valence-corrected chi connectivity index (χ0v) is 61.8. The standard InChI is InChI=1S/C73H116N12O13/c1-20-47(10)62-66(91)78-61(50(13)86)65(90)76-53(36-43(2)3)63(88)77-54(69(94)85-34-28-23-29-35-85)42-60(87)74-48(11)67(92)80(15)56(37-44(4)5)71(96)81(16)58(39-46(8)9)72(97)83(18)59(41-52-32-26-22-27-33-52)73(98)82(17)57(38-45(6)7)70(95)79(14)55(40-51-30-24-21-25-31-51)64(89)75-49(12)68(93)84(62)19/h21-22,24-27,30-33,43-50,53-59,61-62,86H,20,23,28-29,34-42H2,1-19H3,(H,74,87)(H,75,89)(H,76,90)(H,77,88)(H,78,91)/t47-,48+,49-,50+,53-,54-,55-,56-,57-,58-,59-,61-,62-/m0/s1. The third kappa shape index (κ3) is 23.1. The number of hydrogen-bond acceptors (Lipinski definition) is 13. The molecule has 2 aliphatic rings. The van der Waals surface area contributed by atoms with Crippen molar-refractivity contribution in [3.63, 3.8) is 0 Å². The number of benzene rings is 2. The summed E-state index contributed by atoms with van der Waals surface area (Å²) in [4.78, 5) is 188. The lowest BCUT2D eigenvalue weighted by molar-refractivity contribution is -0.156. The number of likely N-dealkylation sites (tertiary alicyclic amines) is 1. The maximum absolute atomic E-state index is 15.7. The highest BCUT2D eigenvalue weighted by Gasteiger charge is 2.45. The molecular formula is C73H116N12O13. The Morgan fingerprint density at radius 3 is 1.29 bits per heavy atom. The van der Waals surface area contributed by atoms with Gasteiger partial charge in [0, 0.05) is 68.2 Å². The second kappa shape index (κ2) is 38.4. The first-order chi connectivity index (χ1) is 45.9. The van der Waals surface area contributed by atoms with E-state index in [1.807, 2.05) is 59.7 Å². The Morgan fingerprint density at radius 1 is 0.449 bits per heavy atom. The molecule has 25 nitrogen and oxygen atoms in total. The molecule has 2 saturated heterocycles. The Kier molecular flexibility index (Phi) is 32.3. The molecule has 4 rings (SSSR count). The number of hydrogen-bond donors (Lipinski definition) is 6. The fourth-order valence-electron chi connectivity index (χ4n) is 12.9. The van der Waals surface area contributed by atoms with Crippen LogP contribution in [0.2, 0.25) is 0 Å². The van der Waals surface area contributed by atoms with Crippen molar-refractivity contribution in [3.8, 4) is 0 Å². The molecule has 0 radical (unpaired) electrons. The van der Waals surface area contributed by atoms with Crippen molar-refractivity contribution in [2.24, 2.45) is 29.6 Å². The summed E-state index contributed by atoms with van der Waals surface area (Å²) < 4.78 is 0. The molecule has 2 aromatic carbocycles. The summed E-state index contributed by atoms with van der Waals surface area (Å²) in [6.45, 7) is 23.2. The van der Waals surface area contributed by atoms with Gasteiger partial charge in [0.2, 0.25) is 70.9 Å². The monoisotopic (exact) mass is 1370 g/mol. The number of amides is 12. The topological polar surface area (TPSA) is 308 Å². The van der Waals surface area contributed by atoms with Gasteiger partial charge >= 0.3 is 0 Å². The van der Waals surface area contributed by atoms with E-state index in [2.05, 4.69) is 26.6 Å². The number of likely N-dealkylation sites (N-methyl/N-ethyl adjacent to an activating group) is 6. The normalized spacial score (nSPS) is 26.3. The van der Waals surface area contributed by atoms with Gasteiger partial charge in [0.1, 0.15) is 66.5 Å². The molecule has 6 N–H and O–H groups in total. The highest BCUT2D eigenvalue weighted by molar-refractivity contribution is 6.00. The van der Waals surface area contributed by atoms with Gasteiger partial charge in [-0.2, -0.15) is 0 Å². The number of carbonyl (C=O) groups is 12. The minimum atomic E-state index is -1.70. The maximum atomic E-state index is 15.7. The largest absolute Gasteiger partial charge is 0.391 e. The van der Waals surface area contributed by atoms with Crippen molar-refractivity contribution >= 4 is 70.9 Å². The van der Waals surface area contributed by atoms with Crippen LogP contribution < -0.4 is 26.6 Å². The molecule has 2 aromatic rings. The molecule has 0 spiro atoms. The molecular weight excluding hydrogens is 1250 g/mol. The first-order valence-electron chi connectivity index (χ1n) is 35.1. The van der Waals surface area contributed by atoms with Crippen LogP contribution in [0.5, 0.6) is 0 Å². The van der Waals surface area contributed by atoms with Gasteiger partial charge in [-0.05, 0) is 106 Å². The Hall–Kier alpha value is -7.96. The molecule has 546 valence electrons. The highest BCUT2D eigenvalue weighted by Crippen LogP contribution is 2.26. The maximum Gasteiger partial charge on any atom is 0.246 e. The van der Waals surface area contributed by atoms with E-state index in [0.29, 0.717) is 43.5 Å². The van der Waals surface area contributed by atoms with E-state index in [1.165, 1.54) is 87.6 Å². The van der Waals surface area contributed by atoms with Gasteiger partial charge in [-0.25, -0.2) is 0 Å². The van der Waals surface area contributed by atoms with Gasteiger partial charge in [0.05, 0.1) is 12.5 Å². The predicted octanol–water partition coefficient (Wildman–Crippen LogP) is 3.93. The summed E-state index contributed by atoms with van der Waals surface area (Å²) in [5, 5.41) is 24.7. The second-order valence-corrected chi connectivity index (χ2v) is 29.0. The summed E-state index contributed by atoms with van der Waals surface area (Å²) in [5.74, 6) is -10.0. The molecule has 0 aliphatic carbocycles. The van der Waals surface area contributed by atoms with Crippen LogP contribution in [0.3, 0.4) is 0 Å². The number of aliphatic hydroxyl groups excluding tert-OH is 1. The molecule has 2 heterocycles. The van der Waals surface area contributed by atoms with Crippen molar-refractivity contribution in [1.29, 1.82) is 0 Å². The van der Waals surface area contributed by atoms with Gasteiger partial charge in [0.25, 0.3) is 0 Å². The number of carbonyl (C=O) groups excluding carboxylic acids is 12. The Morgan fingerprint density at radius 2 is 0.847 bits per heavy atom. The minimum absolute atomic E-state index is 0.00218. The summed E-state index contributed by atoms with van der Waals surface area (Å²) in [5.41, 5.74) is 1.35. The number of nitrogens with one attached hydrogen (secondary N) is 5. The van der Waals surface area contributed by atoms with Crippen LogP contribution in [0.1, 0.15) is 159 Å². The van der Waals surface area contributed by atoms with Crippen molar-refractivity contribution in [1.82, 2.24) is 60.9 Å². The van der Waals surface area contributed by atoms with E-state index in [1.54, 1.807) is 75.1 Å². The molecule has 25 heteroatoms. The molecule has 0 unspecified atom stereocenters. The summed E-state index contributed by atoms with van der Waals surface area (Å²) in [6.07, 6.45) is 0.640. The smallest absolute Gasteiger partial charge is 0.246 e. The van der Waals surface area contributed by atoms with Gasteiger partial charge in [0.15, 0.2) is 0 Å². The predicted molar refractivity (Wildman–Crippen MR) is 375 cm³/mol. The van der Waals surface area contributed by atoms with E-state index in [9.17, 15) is 38.7 Å². The summed E-state index contributed by atoms with van der Waals surface area (Å²) in [7, 11) is 8.71. The van der Waals surface area contributed by atoms with E-state index in [4.69, 9.17) is 0 Å². The van der Waals surface area contributed by atoms with E-state index in [-0.39, 0.29) is 62.2 Å². The molecule has 12 amide bonds. The summed E-state index contributed by atoms with van der Waals surface area (Å²) in [6, 6.07) is 3.29. The summed E-state index contributed by atoms with van der Waals surface area (Å²) >= 11 is 0. The minimum Gasteiger partial charge on any atom is -0.391 e. The third-order valence-corrected chi connectivity index (χ3v) is 18.9. The highest BCUT2D eigenvalue weighted by atomic mass is 16.3. The first-order valence-corrected chi connectivity index (χ1v) is 35.1. The zero-order chi connectivity index (χ0) is 73.7. The van der Waals surface area contributed by atoms with Crippen molar-refractivity contribution in [2.45, 2.75) is 233 Å². The molecule has 98 heavy (non-hydrogen) atoms. The molecule has 0 bridgehead atoms. The van der Waals surface area contributed by atoms with E-state index < -0.39 is 156 Å². The Labute approximate surface area is 582 Å². The van der Waals surface area contributed by atoms with Gasteiger partial charge in [-0.15, -0.1) is 0 Å². The van der Waals surface area contributed by atoms with E-state index in [0.717, 1.165) is 11.3 Å². The van der Waals surface area contributed by atoms with Gasteiger partial charge in [-0.1, -0.05) is 136 Å². The fraction of sp³-hybridized carbons (Fsp3) is 0.671. The number of piperidine rings is 1. The lowest BCUT2D eigenvalue weighted by atomic mass is 9.95. The van der Waals surface area contributed by atoms with Gasteiger partial charge in [-0.3, -0.25) is 57.5 Å². The first kappa shape index (κ1) is 82.5. The van der Waals surface area contributed by atoms with Crippen LogP contribution in [-0.2, 0) is 70.4 Å². The lowest BCUT2D eigenvalue weighted by Crippen LogP contribution is -2.63. The average Bonchev–Trinajstić information content (AvgIpc) is 0.807. The van der Waals surface area contributed by atoms with Crippen LogP contribution in [-0.4, -0.2) is 238 Å². The molecule has 2 aliphatic heterocycles. The Balaban J connectivity index is 1.97. The van der Waals surface area contributed by atoms with Crippen molar-refractivity contribution in [2.75, 3.05) is 55.4 Å². The number of nitrogens with zero attached hydrogens (tertiary/aromatic N) is 7. The quantitative estimate of drug-likeness (QED) is 0.139. The van der Waals surface area contributed by atoms with Crippen LogP contribution >= 0.6 is 0 Å². The number of aliphatic hydroxyl groups is 1. The molecule has 0 aromatic heterocycles. The SMILES string of the molecule is CC[C@H](C)[C@H]1C(=O)N[C@@H]([C@@H](C)O)C(=O)N[C@@H](CC(C)C)C(=O)N[C@H](C(=O)N2CCCCC2)CC(=O)N[C@H](C)C(=O)N(C)[C@@H](CC(C)C)C(=O)N(C)[C@@H](CC(C)C)C(=O)N(C)[C@@H](Cc2ccccc2)C(=O)N(C)[C@@H](CC(C)C)C(=O)N(C)[C@@H](Cc2ccccc2)C(=O)N[C@@H](C)C(=O)N1C. The fourth-order valence-corrected chi connectivity index (χ4v) is 12.9. The average molecular weight is 1370 g/mol. The molecule has 2 fully saturated rings. The molecule has 13 atom stereocenters. The van der Waals surface area contributed by atoms with Crippen molar-refractivity contribution in [3.05, 3.63) is 71.8 Å². The van der Waals surface area contributed by atoms with Crippen LogP contribution in [0.15, 0.2) is 60.7 Å². The lowest BCUT2D eigenvalue weighted by Gasteiger charge is -2.40. The second-order valence-electron chi connectivity index (χ2n) is 29.0. The zero-order valence-electron chi connectivity index (χ0n) is 61.8. The number of rotatable bonds is 16. The molecule has 0 saturated carbocycles. The third-order valence-electron chi connectivity index (χ3n) is 18.9. The van der Waals surface area contributed by atoms with Crippen LogP contribution in [0.25, 0.3) is 0 Å². The van der Waals surface area contributed by atoms with Crippen LogP contribution in [0.4, 0.5) is 0 Å². The Bertz CT molecular complexity index is 3030.